The zero-order valence-corrected chi connectivity index (χ0v) is 7.61. The highest BCUT2D eigenvalue weighted by Gasteiger charge is 2.30. The largest absolute Gasteiger partial charge is 0.321 e. The number of hydrogen-bond donors (Lipinski definition) is 1. The van der Waals surface area contributed by atoms with E-state index in [1.807, 2.05) is 4.68 Å². The summed E-state index contributed by atoms with van der Waals surface area (Å²) in [7, 11) is 0. The summed E-state index contributed by atoms with van der Waals surface area (Å²) in [5.41, 5.74) is 5.96. The van der Waals surface area contributed by atoms with Crippen molar-refractivity contribution in [1.29, 1.82) is 0 Å². The van der Waals surface area contributed by atoms with Crippen molar-refractivity contribution in [3.63, 3.8) is 0 Å². The third kappa shape index (κ3) is 1.16. The minimum atomic E-state index is 0.119. The fourth-order valence-electron chi connectivity index (χ4n) is 1.92. The third-order valence-electron chi connectivity index (χ3n) is 2.88. The monoisotopic (exact) mass is 178 g/mol. The molecule has 1 aromatic rings. The molecule has 0 saturated heterocycles. The number of aryl methyl sites for hydroxylation is 1. The van der Waals surface area contributed by atoms with Crippen LogP contribution in [0.2, 0.25) is 0 Å². The van der Waals surface area contributed by atoms with Crippen LogP contribution in [0.3, 0.4) is 0 Å². The van der Waals surface area contributed by atoms with Crippen LogP contribution in [0.4, 0.5) is 0 Å². The maximum atomic E-state index is 5.96. The van der Waals surface area contributed by atoms with Crippen LogP contribution in [0.1, 0.15) is 49.3 Å². The van der Waals surface area contributed by atoms with E-state index in [0.717, 1.165) is 31.0 Å². The van der Waals surface area contributed by atoms with Crippen LogP contribution in [-0.2, 0) is 6.54 Å². The number of fused-ring (bicyclic) bond motifs is 1. The van der Waals surface area contributed by atoms with E-state index in [2.05, 4.69) is 10.1 Å². The first-order chi connectivity index (χ1) is 6.34. The molecule has 2 aliphatic rings. The summed E-state index contributed by atoms with van der Waals surface area (Å²) < 4.78 is 2.00. The highest BCUT2D eigenvalue weighted by Crippen LogP contribution is 2.38. The van der Waals surface area contributed by atoms with Crippen molar-refractivity contribution >= 4 is 0 Å². The van der Waals surface area contributed by atoms with Gasteiger partial charge in [0.2, 0.25) is 0 Å². The molecule has 1 aliphatic carbocycles. The Balaban J connectivity index is 1.99. The summed E-state index contributed by atoms with van der Waals surface area (Å²) in [6.45, 7) is 1.00. The smallest absolute Gasteiger partial charge is 0.154 e. The second-order valence-corrected chi connectivity index (χ2v) is 4.07. The van der Waals surface area contributed by atoms with Gasteiger partial charge in [-0.3, -0.25) is 0 Å². The van der Waals surface area contributed by atoms with Crippen molar-refractivity contribution in [2.45, 2.75) is 44.2 Å². The predicted molar refractivity (Wildman–Crippen MR) is 48.2 cm³/mol. The van der Waals surface area contributed by atoms with Gasteiger partial charge in [-0.05, 0) is 25.7 Å². The molecular weight excluding hydrogens is 164 g/mol. The Labute approximate surface area is 77.1 Å². The molecule has 4 nitrogen and oxygen atoms in total. The van der Waals surface area contributed by atoms with Crippen LogP contribution >= 0.6 is 0 Å². The highest BCUT2D eigenvalue weighted by atomic mass is 15.4. The molecule has 1 saturated carbocycles. The van der Waals surface area contributed by atoms with Crippen LogP contribution in [0, 0.1) is 0 Å². The molecule has 0 radical (unpaired) electrons. The Hall–Kier alpha value is -0.900. The van der Waals surface area contributed by atoms with Crippen molar-refractivity contribution < 1.29 is 0 Å². The van der Waals surface area contributed by atoms with E-state index >= 15 is 0 Å². The average molecular weight is 178 g/mol. The summed E-state index contributed by atoms with van der Waals surface area (Å²) in [6.07, 6.45) is 4.72. The predicted octanol–water partition coefficient (Wildman–Crippen LogP) is 0.949. The van der Waals surface area contributed by atoms with Gasteiger partial charge < -0.3 is 5.73 Å². The molecule has 1 aliphatic heterocycles. The molecular formula is C9H14N4. The number of hydrogen-bond acceptors (Lipinski definition) is 3. The molecule has 1 fully saturated rings. The van der Waals surface area contributed by atoms with Crippen LogP contribution < -0.4 is 5.73 Å². The minimum absolute atomic E-state index is 0.119. The van der Waals surface area contributed by atoms with Crippen molar-refractivity contribution in [1.82, 2.24) is 14.8 Å². The lowest BCUT2D eigenvalue weighted by Gasteiger charge is -2.17. The molecule has 2 heterocycles. The van der Waals surface area contributed by atoms with E-state index in [9.17, 15) is 0 Å². The Kier molecular flexibility index (Phi) is 1.47. The van der Waals surface area contributed by atoms with Crippen molar-refractivity contribution in [2.24, 2.45) is 5.73 Å². The number of aromatic nitrogens is 3. The van der Waals surface area contributed by atoms with E-state index < -0.39 is 0 Å². The summed E-state index contributed by atoms with van der Waals surface area (Å²) in [5, 5.41) is 4.49. The first-order valence-electron chi connectivity index (χ1n) is 5.05. The topological polar surface area (TPSA) is 56.7 Å². The van der Waals surface area contributed by atoms with Gasteiger partial charge in [-0.1, -0.05) is 0 Å². The first-order valence-corrected chi connectivity index (χ1v) is 5.05. The second kappa shape index (κ2) is 2.54. The average Bonchev–Trinajstić information content (AvgIpc) is 2.87. The van der Waals surface area contributed by atoms with Gasteiger partial charge in [0.25, 0.3) is 0 Å². The quantitative estimate of drug-likeness (QED) is 0.696. The van der Waals surface area contributed by atoms with E-state index in [1.54, 1.807) is 0 Å². The van der Waals surface area contributed by atoms with Gasteiger partial charge in [-0.2, -0.15) is 5.10 Å². The van der Waals surface area contributed by atoms with Crippen molar-refractivity contribution in [3.8, 4) is 0 Å². The molecule has 0 amide bonds. The molecule has 4 heteroatoms. The molecule has 70 valence electrons. The van der Waals surface area contributed by atoms with Crippen LogP contribution in [0.5, 0.6) is 0 Å². The van der Waals surface area contributed by atoms with Gasteiger partial charge >= 0.3 is 0 Å². The van der Waals surface area contributed by atoms with Gasteiger partial charge in [-0.15, -0.1) is 0 Å². The zero-order valence-electron chi connectivity index (χ0n) is 7.61. The van der Waals surface area contributed by atoms with Gasteiger partial charge in [-0.25, -0.2) is 9.67 Å². The summed E-state index contributed by atoms with van der Waals surface area (Å²) in [4.78, 5) is 4.52. The lowest BCUT2D eigenvalue weighted by atomic mass is 10.1. The minimum Gasteiger partial charge on any atom is -0.321 e. The van der Waals surface area contributed by atoms with Gasteiger partial charge in [0, 0.05) is 12.5 Å². The third-order valence-corrected chi connectivity index (χ3v) is 2.88. The van der Waals surface area contributed by atoms with Crippen LogP contribution in [-0.4, -0.2) is 14.8 Å². The normalized spacial score (nSPS) is 27.3. The lowest BCUT2D eigenvalue weighted by molar-refractivity contribution is 0.421. The second-order valence-electron chi connectivity index (χ2n) is 4.07. The van der Waals surface area contributed by atoms with Gasteiger partial charge in [0.05, 0.1) is 6.04 Å². The van der Waals surface area contributed by atoms with Crippen LogP contribution in [0.15, 0.2) is 0 Å². The fourth-order valence-corrected chi connectivity index (χ4v) is 1.92. The van der Waals surface area contributed by atoms with E-state index in [4.69, 9.17) is 5.73 Å². The lowest BCUT2D eigenvalue weighted by Crippen LogP contribution is -2.22. The summed E-state index contributed by atoms with van der Waals surface area (Å²) in [6, 6.07) is 0.119. The SMILES string of the molecule is NC1CCCn2nc(C3CC3)nc21. The highest BCUT2D eigenvalue weighted by molar-refractivity contribution is 5.09. The maximum Gasteiger partial charge on any atom is 0.154 e. The molecule has 0 aromatic carbocycles. The van der Waals surface area contributed by atoms with Crippen molar-refractivity contribution in [2.75, 3.05) is 0 Å². The van der Waals surface area contributed by atoms with Gasteiger partial charge in [0.1, 0.15) is 5.82 Å². The molecule has 0 bridgehead atoms. The molecule has 1 aromatic heterocycles. The molecule has 1 atom stereocenters. The fraction of sp³-hybridized carbons (Fsp3) is 0.778. The summed E-state index contributed by atoms with van der Waals surface area (Å²) in [5.74, 6) is 2.69. The Morgan fingerprint density at radius 3 is 2.85 bits per heavy atom. The molecule has 3 rings (SSSR count). The number of nitrogens with two attached hydrogens (primary N) is 1. The Morgan fingerprint density at radius 1 is 1.31 bits per heavy atom. The van der Waals surface area contributed by atoms with Gasteiger partial charge in [0.15, 0.2) is 5.82 Å². The molecule has 2 N–H and O–H groups in total. The Bertz CT molecular complexity index is 326. The molecule has 0 spiro atoms. The molecule has 13 heavy (non-hydrogen) atoms. The Morgan fingerprint density at radius 2 is 2.15 bits per heavy atom. The summed E-state index contributed by atoms with van der Waals surface area (Å²) >= 11 is 0. The zero-order chi connectivity index (χ0) is 8.84. The number of rotatable bonds is 1. The van der Waals surface area contributed by atoms with E-state index in [0.29, 0.717) is 5.92 Å². The number of nitrogens with zero attached hydrogens (tertiary/aromatic N) is 3. The van der Waals surface area contributed by atoms with Crippen molar-refractivity contribution in [3.05, 3.63) is 11.6 Å². The molecule has 1 unspecified atom stereocenters. The van der Waals surface area contributed by atoms with E-state index in [1.165, 1.54) is 12.8 Å². The first kappa shape index (κ1) is 7.50. The van der Waals surface area contributed by atoms with E-state index in [-0.39, 0.29) is 6.04 Å². The standard InChI is InChI=1S/C9H14N4/c10-7-2-1-5-13-9(7)11-8(12-13)6-3-4-6/h6-7H,1-5,10H2. The van der Waals surface area contributed by atoms with Crippen LogP contribution in [0.25, 0.3) is 0 Å². The maximum absolute atomic E-state index is 5.96.